The molecule has 10 heteroatoms. The first-order valence-corrected chi connectivity index (χ1v) is 11.7. The van der Waals surface area contributed by atoms with Crippen LogP contribution >= 0.6 is 23.1 Å². The molecule has 2 N–H and O–H groups in total. The van der Waals surface area contributed by atoms with Crippen LogP contribution in [0.5, 0.6) is 11.5 Å². The molecule has 0 bridgehead atoms. The Balaban J connectivity index is 1.35. The Bertz CT molecular complexity index is 1230. The Kier molecular flexibility index (Phi) is 5.41. The summed E-state index contributed by atoms with van der Waals surface area (Å²) in [4.78, 5) is 11.7. The van der Waals surface area contributed by atoms with Crippen LogP contribution in [0.2, 0.25) is 0 Å². The molecule has 0 saturated heterocycles. The summed E-state index contributed by atoms with van der Waals surface area (Å²) in [6.45, 7) is 0. The standard InChI is InChI=1S/C21H21N5O3S2/c1-27-12-7-11(8-13(9-12)28-2)19-25-26-21(29-19)30-10-16-23-18(22)17-14-5-3-4-6-15(14)31-20(17)24-16/h7-9H,3-6,10H2,1-2H3,(H2,22,23,24). The molecule has 160 valence electrons. The second kappa shape index (κ2) is 8.35. The molecule has 0 spiro atoms. The maximum atomic E-state index is 6.30. The number of nitrogen functional groups attached to an aromatic ring is 1. The van der Waals surface area contributed by atoms with E-state index in [-0.39, 0.29) is 0 Å². The minimum absolute atomic E-state index is 0.390. The zero-order valence-corrected chi connectivity index (χ0v) is 18.8. The largest absolute Gasteiger partial charge is 0.497 e. The van der Waals surface area contributed by atoms with Crippen LogP contribution < -0.4 is 15.2 Å². The topological polar surface area (TPSA) is 109 Å². The Morgan fingerprint density at radius 3 is 2.61 bits per heavy atom. The third-order valence-corrected chi connectivity index (χ3v) is 7.22. The van der Waals surface area contributed by atoms with Crippen LogP contribution in [0, 0.1) is 0 Å². The highest BCUT2D eigenvalue weighted by Crippen LogP contribution is 2.38. The molecule has 1 aliphatic rings. The van der Waals surface area contributed by atoms with Crippen molar-refractivity contribution in [3.05, 3.63) is 34.5 Å². The first kappa shape index (κ1) is 20.1. The van der Waals surface area contributed by atoms with Gasteiger partial charge in [-0.25, -0.2) is 9.97 Å². The first-order chi connectivity index (χ1) is 15.1. The number of benzene rings is 1. The Hall–Kier alpha value is -2.85. The van der Waals surface area contributed by atoms with Gasteiger partial charge in [-0.15, -0.1) is 21.5 Å². The molecule has 0 radical (unpaired) electrons. The van der Waals surface area contributed by atoms with E-state index in [4.69, 9.17) is 24.6 Å². The SMILES string of the molecule is COc1cc(OC)cc(-c2nnc(SCc3nc(N)c4c5c(sc4n3)CCCC5)o2)c1. The monoisotopic (exact) mass is 455 g/mol. The number of fused-ring (bicyclic) bond motifs is 3. The highest BCUT2D eigenvalue weighted by atomic mass is 32.2. The van der Waals surface area contributed by atoms with Crippen LogP contribution in [0.4, 0.5) is 5.82 Å². The normalized spacial score (nSPS) is 13.4. The summed E-state index contributed by atoms with van der Waals surface area (Å²) in [6.07, 6.45) is 4.61. The van der Waals surface area contributed by atoms with Gasteiger partial charge in [0.05, 0.1) is 25.4 Å². The first-order valence-electron chi connectivity index (χ1n) is 9.91. The fourth-order valence-corrected chi connectivity index (χ4v) is 5.64. The summed E-state index contributed by atoms with van der Waals surface area (Å²) < 4.78 is 16.4. The third kappa shape index (κ3) is 3.92. The predicted molar refractivity (Wildman–Crippen MR) is 121 cm³/mol. The molecule has 4 aromatic rings. The summed E-state index contributed by atoms with van der Waals surface area (Å²) in [5.41, 5.74) is 8.37. The summed E-state index contributed by atoms with van der Waals surface area (Å²) in [5.74, 6) is 3.41. The number of hydrogen-bond acceptors (Lipinski definition) is 10. The van der Waals surface area contributed by atoms with Gasteiger partial charge in [0.25, 0.3) is 5.22 Å². The van der Waals surface area contributed by atoms with Gasteiger partial charge in [-0.1, -0.05) is 11.8 Å². The third-order valence-electron chi connectivity index (χ3n) is 5.22. The molecule has 0 aliphatic heterocycles. The molecule has 3 heterocycles. The van der Waals surface area contributed by atoms with Crippen LogP contribution in [-0.2, 0) is 18.6 Å². The number of aromatic nitrogens is 4. The van der Waals surface area contributed by atoms with Gasteiger partial charge in [-0.3, -0.25) is 0 Å². The van der Waals surface area contributed by atoms with E-state index < -0.39 is 0 Å². The van der Waals surface area contributed by atoms with Crippen LogP contribution in [0.15, 0.2) is 27.8 Å². The highest BCUT2D eigenvalue weighted by molar-refractivity contribution is 7.98. The van der Waals surface area contributed by atoms with Gasteiger partial charge in [0.15, 0.2) is 0 Å². The molecular weight excluding hydrogens is 434 g/mol. The van der Waals surface area contributed by atoms with Gasteiger partial charge >= 0.3 is 0 Å². The Morgan fingerprint density at radius 2 is 1.84 bits per heavy atom. The van der Waals surface area contributed by atoms with E-state index in [0.29, 0.717) is 40.0 Å². The van der Waals surface area contributed by atoms with Crippen LogP contribution in [-0.4, -0.2) is 34.4 Å². The van der Waals surface area contributed by atoms with Crippen LogP contribution in [0.25, 0.3) is 21.7 Å². The highest BCUT2D eigenvalue weighted by Gasteiger charge is 2.20. The molecule has 1 aliphatic carbocycles. The van der Waals surface area contributed by atoms with Crippen molar-refractivity contribution in [3.8, 4) is 23.0 Å². The van der Waals surface area contributed by atoms with Gasteiger partial charge in [-0.05, 0) is 43.4 Å². The number of hydrogen-bond donors (Lipinski definition) is 1. The molecule has 0 amide bonds. The number of methoxy groups -OCH3 is 2. The summed E-state index contributed by atoms with van der Waals surface area (Å²) in [6, 6.07) is 5.43. The van der Waals surface area contributed by atoms with E-state index in [1.165, 1.54) is 35.0 Å². The lowest BCUT2D eigenvalue weighted by Crippen LogP contribution is -2.02. The fourth-order valence-electron chi connectivity index (χ4n) is 3.74. The van der Waals surface area contributed by atoms with E-state index in [0.717, 1.165) is 28.6 Å². The second-order valence-electron chi connectivity index (χ2n) is 7.18. The summed E-state index contributed by atoms with van der Waals surface area (Å²) in [7, 11) is 3.19. The molecule has 8 nitrogen and oxygen atoms in total. The molecule has 0 saturated carbocycles. The Labute approximate surface area is 187 Å². The van der Waals surface area contributed by atoms with Crippen molar-refractivity contribution < 1.29 is 13.9 Å². The zero-order chi connectivity index (χ0) is 21.4. The maximum Gasteiger partial charge on any atom is 0.277 e. The van der Waals surface area contributed by atoms with Crippen molar-refractivity contribution in [1.29, 1.82) is 0 Å². The molecule has 0 fully saturated rings. The lowest BCUT2D eigenvalue weighted by atomic mass is 9.97. The van der Waals surface area contributed by atoms with Crippen molar-refractivity contribution in [2.24, 2.45) is 0 Å². The minimum atomic E-state index is 0.390. The number of nitrogens with zero attached hydrogens (tertiary/aromatic N) is 4. The van der Waals surface area contributed by atoms with E-state index in [1.54, 1.807) is 31.6 Å². The molecular formula is C21H21N5O3S2. The van der Waals surface area contributed by atoms with Gasteiger partial charge in [0.2, 0.25) is 5.89 Å². The van der Waals surface area contributed by atoms with Gasteiger partial charge in [0.1, 0.15) is 28.0 Å². The van der Waals surface area contributed by atoms with Crippen LogP contribution in [0.1, 0.15) is 29.1 Å². The van der Waals surface area contributed by atoms with Crippen molar-refractivity contribution in [3.63, 3.8) is 0 Å². The van der Waals surface area contributed by atoms with Gasteiger partial charge in [0, 0.05) is 16.5 Å². The quantitative estimate of drug-likeness (QED) is 0.420. The number of thiophene rings is 1. The molecule has 1 aromatic carbocycles. The van der Waals surface area contributed by atoms with Crippen molar-refractivity contribution in [2.75, 3.05) is 20.0 Å². The zero-order valence-electron chi connectivity index (χ0n) is 17.2. The van der Waals surface area contributed by atoms with Crippen molar-refractivity contribution >= 4 is 39.1 Å². The van der Waals surface area contributed by atoms with Crippen LogP contribution in [0.3, 0.4) is 0 Å². The van der Waals surface area contributed by atoms with E-state index in [1.807, 2.05) is 12.1 Å². The van der Waals surface area contributed by atoms with E-state index in [9.17, 15) is 0 Å². The smallest absolute Gasteiger partial charge is 0.277 e. The average molecular weight is 456 g/mol. The summed E-state index contributed by atoms with van der Waals surface area (Å²) >= 11 is 3.12. The van der Waals surface area contributed by atoms with E-state index >= 15 is 0 Å². The lowest BCUT2D eigenvalue weighted by molar-refractivity contribution is 0.394. The maximum absolute atomic E-state index is 6.30. The molecule has 3 aromatic heterocycles. The molecule has 31 heavy (non-hydrogen) atoms. The Morgan fingerprint density at radius 1 is 1.06 bits per heavy atom. The number of rotatable bonds is 6. The van der Waals surface area contributed by atoms with Gasteiger partial charge < -0.3 is 19.6 Å². The number of nitrogens with two attached hydrogens (primary N) is 1. The van der Waals surface area contributed by atoms with Gasteiger partial charge in [-0.2, -0.15) is 0 Å². The van der Waals surface area contributed by atoms with Crippen molar-refractivity contribution in [1.82, 2.24) is 20.2 Å². The number of thioether (sulfide) groups is 1. The predicted octanol–water partition coefficient (Wildman–Crippen LogP) is 4.51. The molecule has 0 unspecified atom stereocenters. The second-order valence-corrected chi connectivity index (χ2v) is 9.19. The fraction of sp³-hybridized carbons (Fsp3) is 0.333. The number of aryl methyl sites for hydroxylation is 2. The number of ether oxygens (including phenoxy) is 2. The van der Waals surface area contributed by atoms with Crippen molar-refractivity contribution in [2.45, 2.75) is 36.7 Å². The number of anilines is 1. The summed E-state index contributed by atoms with van der Waals surface area (Å²) in [5, 5.41) is 9.76. The molecule has 5 rings (SSSR count). The molecule has 0 atom stereocenters. The van der Waals surface area contributed by atoms with E-state index in [2.05, 4.69) is 15.2 Å². The minimum Gasteiger partial charge on any atom is -0.497 e. The average Bonchev–Trinajstić information content (AvgIpc) is 3.42. The lowest BCUT2D eigenvalue weighted by Gasteiger charge is -2.10.